The molecular formula is C15H31NO3. The van der Waals surface area contributed by atoms with Crippen molar-refractivity contribution in [2.24, 2.45) is 5.92 Å². The molecular weight excluding hydrogens is 242 g/mol. The predicted octanol–water partition coefficient (Wildman–Crippen LogP) is 2.18. The van der Waals surface area contributed by atoms with E-state index in [1.165, 1.54) is 25.9 Å². The van der Waals surface area contributed by atoms with Gasteiger partial charge in [-0.2, -0.15) is 0 Å². The van der Waals surface area contributed by atoms with Gasteiger partial charge >= 0.3 is 0 Å². The second-order valence-electron chi connectivity index (χ2n) is 5.51. The van der Waals surface area contributed by atoms with Crippen LogP contribution in [-0.4, -0.2) is 65.2 Å². The predicted molar refractivity (Wildman–Crippen MR) is 77.6 cm³/mol. The van der Waals surface area contributed by atoms with E-state index in [1.54, 1.807) is 7.11 Å². The minimum Gasteiger partial charge on any atom is -0.385 e. The number of unbranched alkanes of at least 4 members (excludes halogenated alkanes) is 2. The van der Waals surface area contributed by atoms with Crippen LogP contribution in [0.15, 0.2) is 0 Å². The maximum atomic E-state index is 5.70. The molecule has 1 unspecified atom stereocenters. The monoisotopic (exact) mass is 273 g/mol. The van der Waals surface area contributed by atoms with Crippen molar-refractivity contribution in [1.82, 2.24) is 4.90 Å². The second kappa shape index (κ2) is 11.6. The van der Waals surface area contributed by atoms with E-state index in [1.807, 2.05) is 0 Å². The zero-order valence-electron chi connectivity index (χ0n) is 12.7. The van der Waals surface area contributed by atoms with Crippen LogP contribution in [0.4, 0.5) is 0 Å². The lowest BCUT2D eigenvalue weighted by Gasteiger charge is -2.11. The Bertz CT molecular complexity index is 202. The van der Waals surface area contributed by atoms with Crippen LogP contribution < -0.4 is 0 Å². The van der Waals surface area contributed by atoms with Crippen LogP contribution in [0.25, 0.3) is 0 Å². The van der Waals surface area contributed by atoms with Gasteiger partial charge in [0.05, 0.1) is 6.61 Å². The van der Waals surface area contributed by atoms with Gasteiger partial charge in [-0.05, 0) is 51.6 Å². The Balaban J connectivity index is 1.72. The molecule has 0 bridgehead atoms. The summed E-state index contributed by atoms with van der Waals surface area (Å²) in [6.07, 6.45) is 5.77. The number of hydrogen-bond acceptors (Lipinski definition) is 4. The summed E-state index contributed by atoms with van der Waals surface area (Å²) in [5, 5.41) is 0. The van der Waals surface area contributed by atoms with Gasteiger partial charge in [0.25, 0.3) is 0 Å². The largest absolute Gasteiger partial charge is 0.385 e. The maximum absolute atomic E-state index is 5.70. The van der Waals surface area contributed by atoms with Gasteiger partial charge < -0.3 is 19.1 Å². The van der Waals surface area contributed by atoms with Gasteiger partial charge in [0.1, 0.15) is 0 Å². The molecule has 4 heteroatoms. The molecule has 114 valence electrons. The lowest BCUT2D eigenvalue weighted by Crippen LogP contribution is -2.17. The van der Waals surface area contributed by atoms with E-state index in [0.29, 0.717) is 0 Å². The molecule has 1 fully saturated rings. The first kappa shape index (κ1) is 16.9. The molecule has 1 atom stereocenters. The number of rotatable bonds is 12. The highest BCUT2D eigenvalue weighted by atomic mass is 16.5. The number of nitrogens with zero attached hydrogens (tertiary/aromatic N) is 1. The Morgan fingerprint density at radius 1 is 0.947 bits per heavy atom. The topological polar surface area (TPSA) is 30.9 Å². The molecule has 1 aliphatic rings. The Morgan fingerprint density at radius 2 is 1.68 bits per heavy atom. The number of ether oxygens (including phenoxy) is 3. The third-order valence-electron chi connectivity index (χ3n) is 3.56. The standard InChI is InChI=1S/C15H31NO3/c1-16-8-7-15(13-16)14-19-12-6-11-18-10-5-3-4-9-17-2/h15H,3-14H2,1-2H3. The quantitative estimate of drug-likeness (QED) is 0.510. The van der Waals surface area contributed by atoms with Gasteiger partial charge in [0.15, 0.2) is 0 Å². The van der Waals surface area contributed by atoms with Crippen molar-refractivity contribution in [3.63, 3.8) is 0 Å². The molecule has 0 amide bonds. The summed E-state index contributed by atoms with van der Waals surface area (Å²) in [6.45, 7) is 6.74. The van der Waals surface area contributed by atoms with Crippen molar-refractivity contribution in [1.29, 1.82) is 0 Å². The first-order valence-corrected chi connectivity index (χ1v) is 7.66. The molecule has 19 heavy (non-hydrogen) atoms. The van der Waals surface area contributed by atoms with Crippen molar-refractivity contribution >= 4 is 0 Å². The second-order valence-corrected chi connectivity index (χ2v) is 5.51. The van der Waals surface area contributed by atoms with Gasteiger partial charge in [0, 0.05) is 40.1 Å². The number of likely N-dealkylation sites (tertiary alicyclic amines) is 1. The minimum atomic E-state index is 0.742. The Hall–Kier alpha value is -0.160. The summed E-state index contributed by atoms with van der Waals surface area (Å²) in [4.78, 5) is 2.38. The Morgan fingerprint density at radius 3 is 2.42 bits per heavy atom. The summed E-state index contributed by atoms with van der Waals surface area (Å²) in [5.41, 5.74) is 0. The highest BCUT2D eigenvalue weighted by molar-refractivity contribution is 4.72. The van der Waals surface area contributed by atoms with Crippen LogP contribution >= 0.6 is 0 Å². The highest BCUT2D eigenvalue weighted by Crippen LogP contribution is 2.14. The molecule has 1 saturated heterocycles. The van der Waals surface area contributed by atoms with Crippen molar-refractivity contribution in [2.75, 3.05) is 60.3 Å². The van der Waals surface area contributed by atoms with Gasteiger partial charge in [-0.1, -0.05) is 0 Å². The van der Waals surface area contributed by atoms with Gasteiger partial charge in [-0.15, -0.1) is 0 Å². The molecule has 1 rings (SSSR count). The first-order valence-electron chi connectivity index (χ1n) is 7.66. The van der Waals surface area contributed by atoms with Crippen LogP contribution in [0.3, 0.4) is 0 Å². The lowest BCUT2D eigenvalue weighted by atomic mass is 10.1. The molecule has 0 N–H and O–H groups in total. The van der Waals surface area contributed by atoms with Crippen LogP contribution in [0, 0.1) is 5.92 Å². The molecule has 4 nitrogen and oxygen atoms in total. The lowest BCUT2D eigenvalue weighted by molar-refractivity contribution is 0.0661. The maximum Gasteiger partial charge on any atom is 0.0506 e. The van der Waals surface area contributed by atoms with E-state index in [2.05, 4.69) is 11.9 Å². The van der Waals surface area contributed by atoms with Crippen molar-refractivity contribution in [3.8, 4) is 0 Å². The summed E-state index contributed by atoms with van der Waals surface area (Å²) in [6, 6.07) is 0. The van der Waals surface area contributed by atoms with Crippen LogP contribution in [0.5, 0.6) is 0 Å². The summed E-state index contributed by atoms with van der Waals surface area (Å²) in [7, 11) is 3.93. The van der Waals surface area contributed by atoms with E-state index < -0.39 is 0 Å². The van der Waals surface area contributed by atoms with Crippen LogP contribution in [0.1, 0.15) is 32.1 Å². The van der Waals surface area contributed by atoms with Crippen molar-refractivity contribution in [3.05, 3.63) is 0 Å². The highest BCUT2D eigenvalue weighted by Gasteiger charge is 2.18. The molecule has 0 saturated carbocycles. The number of hydrogen-bond donors (Lipinski definition) is 0. The third-order valence-corrected chi connectivity index (χ3v) is 3.56. The Kier molecular flexibility index (Phi) is 10.4. The van der Waals surface area contributed by atoms with Crippen LogP contribution in [-0.2, 0) is 14.2 Å². The average Bonchev–Trinajstić information content (AvgIpc) is 2.82. The van der Waals surface area contributed by atoms with E-state index in [4.69, 9.17) is 14.2 Å². The van der Waals surface area contributed by atoms with E-state index in [-0.39, 0.29) is 0 Å². The van der Waals surface area contributed by atoms with E-state index in [0.717, 1.165) is 58.2 Å². The smallest absolute Gasteiger partial charge is 0.0506 e. The SMILES string of the molecule is COCCCCCOCCCOCC1CCN(C)C1. The van der Waals surface area contributed by atoms with Gasteiger partial charge in [-0.3, -0.25) is 0 Å². The normalized spacial score (nSPS) is 20.2. The summed E-state index contributed by atoms with van der Waals surface area (Å²) in [5.74, 6) is 0.742. The van der Waals surface area contributed by atoms with Crippen molar-refractivity contribution in [2.45, 2.75) is 32.1 Å². The number of methoxy groups -OCH3 is 1. The van der Waals surface area contributed by atoms with E-state index >= 15 is 0 Å². The van der Waals surface area contributed by atoms with Gasteiger partial charge in [0.2, 0.25) is 0 Å². The fourth-order valence-corrected chi connectivity index (χ4v) is 2.40. The molecule has 0 aromatic heterocycles. The van der Waals surface area contributed by atoms with Crippen LogP contribution in [0.2, 0.25) is 0 Å². The molecule has 0 radical (unpaired) electrons. The molecule has 0 aromatic carbocycles. The summed E-state index contributed by atoms with van der Waals surface area (Å²) >= 11 is 0. The third kappa shape index (κ3) is 9.38. The Labute approximate surface area is 118 Å². The fourth-order valence-electron chi connectivity index (χ4n) is 2.40. The first-order chi connectivity index (χ1) is 9.33. The zero-order valence-corrected chi connectivity index (χ0v) is 12.7. The minimum absolute atomic E-state index is 0.742. The average molecular weight is 273 g/mol. The van der Waals surface area contributed by atoms with E-state index in [9.17, 15) is 0 Å². The molecule has 0 spiro atoms. The fraction of sp³-hybridized carbons (Fsp3) is 1.00. The van der Waals surface area contributed by atoms with Crippen molar-refractivity contribution < 1.29 is 14.2 Å². The molecule has 0 aromatic rings. The zero-order chi connectivity index (χ0) is 13.8. The van der Waals surface area contributed by atoms with Gasteiger partial charge in [-0.25, -0.2) is 0 Å². The molecule has 0 aliphatic carbocycles. The molecule has 1 heterocycles. The summed E-state index contributed by atoms with van der Waals surface area (Å²) < 4.78 is 16.3. The molecule has 1 aliphatic heterocycles.